The van der Waals surface area contributed by atoms with Crippen LogP contribution in [-0.2, 0) is 6.54 Å². The van der Waals surface area contributed by atoms with E-state index in [1.165, 1.54) is 0 Å². The van der Waals surface area contributed by atoms with E-state index in [4.69, 9.17) is 4.74 Å². The summed E-state index contributed by atoms with van der Waals surface area (Å²) in [4.78, 5) is 23.6. The highest BCUT2D eigenvalue weighted by atomic mass is 16.5. The van der Waals surface area contributed by atoms with Gasteiger partial charge in [-0.2, -0.15) is 0 Å². The van der Waals surface area contributed by atoms with Crippen LogP contribution in [-0.4, -0.2) is 78.0 Å². The highest BCUT2D eigenvalue weighted by molar-refractivity contribution is 5.94. The average Bonchev–Trinajstić information content (AvgIpc) is 2.81. The van der Waals surface area contributed by atoms with Gasteiger partial charge in [0.05, 0.1) is 5.69 Å². The van der Waals surface area contributed by atoms with Gasteiger partial charge in [-0.3, -0.25) is 14.7 Å². The van der Waals surface area contributed by atoms with Crippen LogP contribution in [0.5, 0.6) is 5.75 Å². The van der Waals surface area contributed by atoms with Crippen molar-refractivity contribution in [1.82, 2.24) is 19.7 Å². The van der Waals surface area contributed by atoms with Crippen LogP contribution in [0.4, 0.5) is 0 Å². The van der Waals surface area contributed by atoms with Crippen LogP contribution < -0.4 is 4.74 Å². The first kappa shape index (κ1) is 23.2. The zero-order valence-electron chi connectivity index (χ0n) is 19.2. The van der Waals surface area contributed by atoms with Crippen molar-refractivity contribution >= 4 is 5.91 Å². The lowest BCUT2D eigenvalue weighted by Crippen LogP contribution is -2.38. The van der Waals surface area contributed by atoms with E-state index < -0.39 is 0 Å². The lowest BCUT2D eigenvalue weighted by Gasteiger charge is -2.32. The highest BCUT2D eigenvalue weighted by Gasteiger charge is 2.21. The smallest absolute Gasteiger partial charge is 0.253 e. The van der Waals surface area contributed by atoms with Crippen LogP contribution >= 0.6 is 0 Å². The van der Waals surface area contributed by atoms with Gasteiger partial charge in [-0.15, -0.1) is 0 Å². The predicted molar refractivity (Wildman–Crippen MR) is 124 cm³/mol. The molecule has 1 saturated heterocycles. The minimum atomic E-state index is 0.0570. The predicted octanol–water partition coefficient (Wildman–Crippen LogP) is 3.54. The number of piperidine rings is 1. The summed E-state index contributed by atoms with van der Waals surface area (Å²) in [7, 11) is 1.87. The number of ether oxygens (including phenoxy) is 1. The van der Waals surface area contributed by atoms with Gasteiger partial charge in [0.15, 0.2) is 0 Å². The summed E-state index contributed by atoms with van der Waals surface area (Å²) in [6.07, 6.45) is 4.07. The summed E-state index contributed by atoms with van der Waals surface area (Å²) >= 11 is 0. The van der Waals surface area contributed by atoms with Gasteiger partial charge in [0.2, 0.25) is 0 Å². The van der Waals surface area contributed by atoms with Crippen LogP contribution in [0.15, 0.2) is 48.7 Å². The molecule has 0 bridgehead atoms. The van der Waals surface area contributed by atoms with Crippen LogP contribution in [0, 0.1) is 0 Å². The van der Waals surface area contributed by atoms with E-state index in [1.807, 2.05) is 49.6 Å². The van der Waals surface area contributed by atoms with Crippen LogP contribution in [0.1, 0.15) is 42.7 Å². The first-order valence-electron chi connectivity index (χ1n) is 11.5. The maximum atomic E-state index is 12.7. The van der Waals surface area contributed by atoms with Crippen molar-refractivity contribution in [2.45, 2.75) is 39.3 Å². The van der Waals surface area contributed by atoms with Gasteiger partial charge < -0.3 is 14.5 Å². The van der Waals surface area contributed by atoms with Crippen LogP contribution in [0.3, 0.4) is 0 Å². The van der Waals surface area contributed by atoms with Gasteiger partial charge in [-0.05, 0) is 62.3 Å². The molecule has 0 aliphatic carbocycles. The van der Waals surface area contributed by atoms with Crippen molar-refractivity contribution in [3.05, 3.63) is 59.9 Å². The Hall–Kier alpha value is -2.44. The van der Waals surface area contributed by atoms with Gasteiger partial charge in [-0.1, -0.05) is 19.9 Å². The first-order chi connectivity index (χ1) is 15.1. The van der Waals surface area contributed by atoms with Gasteiger partial charge in [-0.25, -0.2) is 0 Å². The van der Waals surface area contributed by atoms with Gasteiger partial charge in [0.1, 0.15) is 11.9 Å². The summed E-state index contributed by atoms with van der Waals surface area (Å²) in [6.45, 7) is 10.9. The molecule has 0 N–H and O–H groups in total. The number of benzene rings is 1. The largest absolute Gasteiger partial charge is 0.490 e. The molecule has 6 heteroatoms. The Bertz CT molecular complexity index is 785. The van der Waals surface area contributed by atoms with E-state index in [0.29, 0.717) is 5.56 Å². The number of pyridine rings is 1. The number of likely N-dealkylation sites (tertiary alicyclic amines) is 1. The van der Waals surface area contributed by atoms with E-state index in [0.717, 1.165) is 70.1 Å². The minimum absolute atomic E-state index is 0.0570. The second-order valence-corrected chi connectivity index (χ2v) is 8.19. The number of carbonyl (C=O) groups is 1. The Morgan fingerprint density at radius 3 is 2.39 bits per heavy atom. The Balaban J connectivity index is 1.43. The molecule has 1 aromatic heterocycles. The lowest BCUT2D eigenvalue weighted by atomic mass is 10.1. The molecular formula is C25H36N4O2. The Morgan fingerprint density at radius 2 is 1.77 bits per heavy atom. The SMILES string of the molecule is CCN(CC)CCN(C)C(=O)c1ccc(OC2CCN(Cc3ccccn3)CC2)cc1. The highest BCUT2D eigenvalue weighted by Crippen LogP contribution is 2.21. The van der Waals surface area contributed by atoms with Gasteiger partial charge in [0.25, 0.3) is 5.91 Å². The minimum Gasteiger partial charge on any atom is -0.490 e. The Labute approximate surface area is 186 Å². The number of carbonyl (C=O) groups excluding carboxylic acids is 1. The summed E-state index contributed by atoms with van der Waals surface area (Å²) in [6, 6.07) is 13.7. The van der Waals surface area contributed by atoms with E-state index in [1.54, 1.807) is 4.90 Å². The van der Waals surface area contributed by atoms with Gasteiger partial charge >= 0.3 is 0 Å². The third-order valence-electron chi connectivity index (χ3n) is 6.04. The van der Waals surface area contributed by atoms with Crippen molar-refractivity contribution in [2.75, 3.05) is 46.3 Å². The first-order valence-corrected chi connectivity index (χ1v) is 11.5. The zero-order chi connectivity index (χ0) is 22.1. The third kappa shape index (κ3) is 7.04. The molecule has 1 aromatic carbocycles. The molecule has 6 nitrogen and oxygen atoms in total. The molecule has 0 atom stereocenters. The molecule has 0 saturated carbocycles. The van der Waals surface area contributed by atoms with Crippen molar-refractivity contribution in [3.8, 4) is 5.75 Å². The average molecular weight is 425 g/mol. The van der Waals surface area contributed by atoms with Crippen LogP contribution in [0.2, 0.25) is 0 Å². The van der Waals surface area contributed by atoms with Crippen molar-refractivity contribution in [2.24, 2.45) is 0 Å². The zero-order valence-corrected chi connectivity index (χ0v) is 19.2. The van der Waals surface area contributed by atoms with Crippen molar-refractivity contribution in [3.63, 3.8) is 0 Å². The monoisotopic (exact) mass is 424 g/mol. The van der Waals surface area contributed by atoms with Crippen molar-refractivity contribution in [1.29, 1.82) is 0 Å². The summed E-state index contributed by atoms with van der Waals surface area (Å²) < 4.78 is 6.18. The molecule has 2 aromatic rings. The molecule has 0 unspecified atom stereocenters. The maximum Gasteiger partial charge on any atom is 0.253 e. The summed E-state index contributed by atoms with van der Waals surface area (Å²) in [5.41, 5.74) is 1.82. The summed E-state index contributed by atoms with van der Waals surface area (Å²) in [5, 5.41) is 0. The molecule has 31 heavy (non-hydrogen) atoms. The lowest BCUT2D eigenvalue weighted by molar-refractivity contribution is 0.0779. The number of hydrogen-bond donors (Lipinski definition) is 0. The second kappa shape index (κ2) is 11.8. The second-order valence-electron chi connectivity index (χ2n) is 8.19. The standard InChI is InChI=1S/C25H36N4O2/c1-4-28(5-2)19-18-27(3)25(30)21-9-11-23(12-10-21)31-24-13-16-29(17-14-24)20-22-8-6-7-15-26-22/h6-12,15,24H,4-5,13-14,16-20H2,1-3H3. The van der Waals surface area contributed by atoms with Crippen molar-refractivity contribution < 1.29 is 9.53 Å². The fourth-order valence-corrected chi connectivity index (χ4v) is 3.93. The van der Waals surface area contributed by atoms with Gasteiger partial charge in [0, 0.05) is 51.5 Å². The maximum absolute atomic E-state index is 12.7. The molecule has 0 radical (unpaired) electrons. The molecule has 3 rings (SSSR count). The van der Waals surface area contributed by atoms with E-state index in [2.05, 4.69) is 34.7 Å². The number of likely N-dealkylation sites (N-methyl/N-ethyl adjacent to an activating group) is 2. The molecule has 0 spiro atoms. The number of nitrogens with zero attached hydrogens (tertiary/aromatic N) is 4. The molecule has 2 heterocycles. The molecule has 1 fully saturated rings. The molecule has 1 amide bonds. The molecule has 1 aliphatic heterocycles. The normalized spacial score (nSPS) is 15.2. The van der Waals surface area contributed by atoms with E-state index >= 15 is 0 Å². The Kier molecular flexibility index (Phi) is 8.85. The molecule has 1 aliphatic rings. The number of hydrogen-bond acceptors (Lipinski definition) is 5. The Morgan fingerprint density at radius 1 is 1.06 bits per heavy atom. The van der Waals surface area contributed by atoms with Crippen LogP contribution in [0.25, 0.3) is 0 Å². The van der Waals surface area contributed by atoms with E-state index in [-0.39, 0.29) is 12.0 Å². The number of rotatable bonds is 10. The topological polar surface area (TPSA) is 48.9 Å². The summed E-state index contributed by atoms with van der Waals surface area (Å²) in [5.74, 6) is 0.895. The molecular weight excluding hydrogens is 388 g/mol. The number of aromatic nitrogens is 1. The fourth-order valence-electron chi connectivity index (χ4n) is 3.93. The molecule has 168 valence electrons. The fraction of sp³-hybridized carbons (Fsp3) is 0.520. The third-order valence-corrected chi connectivity index (χ3v) is 6.04. The number of amides is 1. The quantitative estimate of drug-likeness (QED) is 0.584. The van der Waals surface area contributed by atoms with E-state index in [9.17, 15) is 4.79 Å².